The number of hydrogen-bond donors (Lipinski definition) is 1. The number of carbonyl (C=O) groups is 1. The van der Waals surface area contributed by atoms with Crippen molar-refractivity contribution in [3.8, 4) is 0 Å². The van der Waals surface area contributed by atoms with Gasteiger partial charge in [0, 0.05) is 45.9 Å². The molecule has 1 aromatic rings. The van der Waals surface area contributed by atoms with E-state index in [1.54, 1.807) is 19.2 Å². The van der Waals surface area contributed by atoms with Gasteiger partial charge in [0.15, 0.2) is 0 Å². The van der Waals surface area contributed by atoms with Crippen molar-refractivity contribution in [2.75, 3.05) is 53.0 Å². The van der Waals surface area contributed by atoms with Crippen LogP contribution >= 0.6 is 0 Å². The summed E-state index contributed by atoms with van der Waals surface area (Å²) in [6.07, 6.45) is 0.715. The highest BCUT2D eigenvalue weighted by molar-refractivity contribution is 5.78. The third-order valence-electron chi connectivity index (χ3n) is 4.45. The monoisotopic (exact) mass is 337 g/mol. The van der Waals surface area contributed by atoms with Gasteiger partial charge in [0.1, 0.15) is 5.82 Å². The Morgan fingerprint density at radius 1 is 1.33 bits per heavy atom. The van der Waals surface area contributed by atoms with E-state index in [0.29, 0.717) is 25.6 Å². The van der Waals surface area contributed by atoms with Crippen LogP contribution in [-0.4, -0.2) is 74.7 Å². The molecule has 1 aromatic carbocycles. The third-order valence-corrected chi connectivity index (χ3v) is 4.45. The molecular formula is C18H28FN3O2. The molecule has 0 aromatic heterocycles. The molecule has 1 aliphatic rings. The fourth-order valence-corrected chi connectivity index (χ4v) is 3.01. The van der Waals surface area contributed by atoms with Gasteiger partial charge < -0.3 is 10.1 Å². The molecule has 6 heteroatoms. The molecular weight excluding hydrogens is 309 g/mol. The molecule has 0 saturated carbocycles. The Morgan fingerprint density at radius 3 is 2.75 bits per heavy atom. The van der Waals surface area contributed by atoms with Crippen molar-refractivity contribution in [1.82, 2.24) is 15.1 Å². The molecule has 0 spiro atoms. The van der Waals surface area contributed by atoms with E-state index in [1.165, 1.54) is 12.1 Å². The van der Waals surface area contributed by atoms with E-state index in [2.05, 4.69) is 22.0 Å². The number of carbonyl (C=O) groups excluding carboxylic acids is 1. The lowest BCUT2D eigenvalue weighted by Crippen LogP contribution is -2.54. The molecule has 0 radical (unpaired) electrons. The van der Waals surface area contributed by atoms with Crippen LogP contribution < -0.4 is 5.32 Å². The van der Waals surface area contributed by atoms with Gasteiger partial charge in [0.25, 0.3) is 0 Å². The fourth-order valence-electron chi connectivity index (χ4n) is 3.01. The molecule has 0 bridgehead atoms. The maximum atomic E-state index is 12.8. The van der Waals surface area contributed by atoms with Crippen molar-refractivity contribution in [3.63, 3.8) is 0 Å². The molecule has 1 aliphatic heterocycles. The van der Waals surface area contributed by atoms with E-state index in [0.717, 1.165) is 38.3 Å². The third kappa shape index (κ3) is 6.19. The number of methoxy groups -OCH3 is 1. The molecule has 1 amide bonds. The lowest BCUT2D eigenvalue weighted by Gasteiger charge is -2.39. The minimum atomic E-state index is -0.235. The first-order chi connectivity index (χ1) is 11.6. The van der Waals surface area contributed by atoms with Crippen molar-refractivity contribution in [1.29, 1.82) is 0 Å². The number of benzene rings is 1. The minimum absolute atomic E-state index is 0.0506. The molecule has 0 aliphatic carbocycles. The lowest BCUT2D eigenvalue weighted by atomic mass is 10.1. The van der Waals surface area contributed by atoms with E-state index >= 15 is 0 Å². The Kier molecular flexibility index (Phi) is 7.62. The predicted molar refractivity (Wildman–Crippen MR) is 92.5 cm³/mol. The summed E-state index contributed by atoms with van der Waals surface area (Å²) in [6, 6.07) is 6.83. The lowest BCUT2D eigenvalue weighted by molar-refractivity contribution is -0.122. The molecule has 24 heavy (non-hydrogen) atoms. The smallest absolute Gasteiger partial charge is 0.234 e. The van der Waals surface area contributed by atoms with Gasteiger partial charge in [-0.3, -0.25) is 14.6 Å². The van der Waals surface area contributed by atoms with E-state index in [4.69, 9.17) is 4.74 Å². The van der Waals surface area contributed by atoms with E-state index in [-0.39, 0.29) is 11.7 Å². The van der Waals surface area contributed by atoms with Crippen LogP contribution in [0.15, 0.2) is 24.3 Å². The van der Waals surface area contributed by atoms with Crippen LogP contribution in [0.5, 0.6) is 0 Å². The van der Waals surface area contributed by atoms with Crippen LogP contribution in [0.3, 0.4) is 0 Å². The zero-order valence-electron chi connectivity index (χ0n) is 14.6. The zero-order valence-corrected chi connectivity index (χ0v) is 14.6. The van der Waals surface area contributed by atoms with Crippen molar-refractivity contribution in [2.45, 2.75) is 19.4 Å². The highest BCUT2D eigenvalue weighted by Crippen LogP contribution is 2.08. The van der Waals surface area contributed by atoms with Crippen LogP contribution in [0.25, 0.3) is 0 Å². The van der Waals surface area contributed by atoms with Gasteiger partial charge in [-0.1, -0.05) is 12.1 Å². The van der Waals surface area contributed by atoms with Gasteiger partial charge in [-0.05, 0) is 31.0 Å². The minimum Gasteiger partial charge on any atom is -0.383 e. The van der Waals surface area contributed by atoms with Crippen LogP contribution in [0.4, 0.5) is 4.39 Å². The van der Waals surface area contributed by atoms with Crippen LogP contribution in [0.1, 0.15) is 12.5 Å². The van der Waals surface area contributed by atoms with Gasteiger partial charge in [-0.25, -0.2) is 4.39 Å². The summed E-state index contributed by atoms with van der Waals surface area (Å²) >= 11 is 0. The van der Waals surface area contributed by atoms with E-state index in [1.807, 2.05) is 0 Å². The van der Waals surface area contributed by atoms with Gasteiger partial charge >= 0.3 is 0 Å². The zero-order chi connectivity index (χ0) is 17.4. The summed E-state index contributed by atoms with van der Waals surface area (Å²) in [5, 5.41) is 2.95. The molecule has 0 unspecified atom stereocenters. The largest absolute Gasteiger partial charge is 0.383 e. The SMILES string of the molecule is COCCN1CCN(CC(=O)NCCc2ccc(F)cc2)C[C@H]1C. The molecule has 1 saturated heterocycles. The van der Waals surface area contributed by atoms with Crippen LogP contribution in [0, 0.1) is 5.82 Å². The fraction of sp³-hybridized carbons (Fsp3) is 0.611. The Morgan fingerprint density at radius 2 is 2.08 bits per heavy atom. The molecule has 1 atom stereocenters. The quantitative estimate of drug-likeness (QED) is 0.773. The first kappa shape index (κ1) is 18.8. The maximum absolute atomic E-state index is 12.8. The molecule has 2 rings (SSSR count). The normalized spacial score (nSPS) is 19.4. The average Bonchev–Trinajstić information content (AvgIpc) is 2.56. The van der Waals surface area contributed by atoms with Gasteiger partial charge in [0.2, 0.25) is 5.91 Å². The summed E-state index contributed by atoms with van der Waals surface area (Å²) in [5.41, 5.74) is 1.03. The average molecular weight is 337 g/mol. The summed E-state index contributed by atoms with van der Waals surface area (Å²) < 4.78 is 18.0. The van der Waals surface area contributed by atoms with Gasteiger partial charge in [-0.15, -0.1) is 0 Å². The standard InChI is InChI=1S/C18H28FN3O2/c1-15-13-21(9-10-22(15)11-12-24-2)14-18(23)20-8-7-16-3-5-17(19)6-4-16/h3-6,15H,7-14H2,1-2H3,(H,20,23)/t15-/m1/s1. The molecule has 5 nitrogen and oxygen atoms in total. The number of nitrogens with one attached hydrogen (secondary N) is 1. The molecule has 1 N–H and O–H groups in total. The number of hydrogen-bond acceptors (Lipinski definition) is 4. The predicted octanol–water partition coefficient (Wildman–Crippen LogP) is 1.14. The van der Waals surface area contributed by atoms with E-state index < -0.39 is 0 Å². The number of nitrogens with zero attached hydrogens (tertiary/aromatic N) is 2. The Balaban J connectivity index is 1.65. The van der Waals surface area contributed by atoms with E-state index in [9.17, 15) is 9.18 Å². The Labute approximate surface area is 143 Å². The second-order valence-corrected chi connectivity index (χ2v) is 6.34. The first-order valence-corrected chi connectivity index (χ1v) is 8.55. The summed E-state index contributed by atoms with van der Waals surface area (Å²) in [6.45, 7) is 7.65. The van der Waals surface area contributed by atoms with Gasteiger partial charge in [-0.2, -0.15) is 0 Å². The highest BCUT2D eigenvalue weighted by atomic mass is 19.1. The topological polar surface area (TPSA) is 44.8 Å². The summed E-state index contributed by atoms with van der Waals surface area (Å²) in [5.74, 6) is -0.184. The van der Waals surface area contributed by atoms with Crippen molar-refractivity contribution < 1.29 is 13.9 Å². The van der Waals surface area contributed by atoms with Crippen molar-refractivity contribution in [3.05, 3.63) is 35.6 Å². The highest BCUT2D eigenvalue weighted by Gasteiger charge is 2.24. The number of rotatable bonds is 8. The second-order valence-electron chi connectivity index (χ2n) is 6.34. The van der Waals surface area contributed by atoms with Gasteiger partial charge in [0.05, 0.1) is 13.2 Å². The van der Waals surface area contributed by atoms with Crippen LogP contribution in [-0.2, 0) is 16.0 Å². The number of amides is 1. The Bertz CT molecular complexity index is 509. The van der Waals surface area contributed by atoms with Crippen molar-refractivity contribution in [2.24, 2.45) is 0 Å². The molecule has 134 valence electrons. The summed E-state index contributed by atoms with van der Waals surface area (Å²) in [7, 11) is 1.72. The maximum Gasteiger partial charge on any atom is 0.234 e. The number of halogens is 1. The molecule has 1 fully saturated rings. The molecule has 1 heterocycles. The summed E-state index contributed by atoms with van der Waals surface area (Å²) in [4.78, 5) is 16.7. The second kappa shape index (κ2) is 9.71. The van der Waals surface area contributed by atoms with Crippen molar-refractivity contribution >= 4 is 5.91 Å². The number of piperazine rings is 1. The number of ether oxygens (including phenoxy) is 1. The first-order valence-electron chi connectivity index (χ1n) is 8.55. The van der Waals surface area contributed by atoms with Crippen LogP contribution in [0.2, 0.25) is 0 Å². The Hall–Kier alpha value is -1.50.